The third-order valence-corrected chi connectivity index (χ3v) is 6.14. The number of benzene rings is 2. The number of hydrogen-bond acceptors (Lipinski definition) is 5. The molecule has 1 aliphatic heterocycles. The van der Waals surface area contributed by atoms with E-state index in [2.05, 4.69) is 10.2 Å². The predicted molar refractivity (Wildman–Crippen MR) is 134 cm³/mol. The molecule has 1 aliphatic rings. The second-order valence-corrected chi connectivity index (χ2v) is 8.89. The maximum atomic E-state index is 13.7. The first-order valence-corrected chi connectivity index (χ1v) is 12.2. The summed E-state index contributed by atoms with van der Waals surface area (Å²) in [6.45, 7) is 3.30. The minimum absolute atomic E-state index is 0.0662. The van der Waals surface area contributed by atoms with Crippen LogP contribution in [0.2, 0.25) is 0 Å². The first-order chi connectivity index (χ1) is 18.4. The highest BCUT2D eigenvalue weighted by molar-refractivity contribution is 5.92. The number of amides is 3. The lowest BCUT2D eigenvalue weighted by atomic mass is 10.2. The number of hydrogen-bond donors (Lipinski definition) is 1. The topological polar surface area (TPSA) is 78.3 Å². The van der Waals surface area contributed by atoms with Gasteiger partial charge in [-0.3, -0.25) is 9.69 Å². The van der Waals surface area contributed by atoms with Crippen molar-refractivity contribution in [1.82, 2.24) is 14.7 Å². The van der Waals surface area contributed by atoms with Crippen LogP contribution in [-0.2, 0) is 22.6 Å². The number of ether oxygens (including phenoxy) is 1. The van der Waals surface area contributed by atoms with Crippen LogP contribution in [0.1, 0.15) is 11.3 Å². The molecule has 0 unspecified atom stereocenters. The summed E-state index contributed by atoms with van der Waals surface area (Å²) in [7, 11) is 0. The smallest absolute Gasteiger partial charge is 0.322 e. The Bertz CT molecular complexity index is 1200. The lowest BCUT2D eigenvalue weighted by Crippen LogP contribution is -2.48. The zero-order valence-electron chi connectivity index (χ0n) is 20.7. The van der Waals surface area contributed by atoms with Crippen LogP contribution in [0.4, 0.5) is 23.7 Å². The van der Waals surface area contributed by atoms with E-state index in [9.17, 15) is 22.8 Å². The van der Waals surface area contributed by atoms with Crippen LogP contribution in [0.5, 0.6) is 0 Å². The van der Waals surface area contributed by atoms with Crippen molar-refractivity contribution in [1.29, 1.82) is 0 Å². The van der Waals surface area contributed by atoms with Crippen molar-refractivity contribution in [3.05, 3.63) is 89.6 Å². The van der Waals surface area contributed by atoms with Gasteiger partial charge in [0.05, 0.1) is 26.0 Å². The van der Waals surface area contributed by atoms with Gasteiger partial charge in [-0.05, 0) is 42.0 Å². The van der Waals surface area contributed by atoms with Gasteiger partial charge in [0.2, 0.25) is 5.91 Å². The van der Waals surface area contributed by atoms with E-state index in [-0.39, 0.29) is 43.6 Å². The van der Waals surface area contributed by atoms with Gasteiger partial charge in [-0.2, -0.15) is 0 Å². The van der Waals surface area contributed by atoms with Crippen molar-refractivity contribution >= 4 is 17.6 Å². The molecule has 1 saturated heterocycles. The molecule has 1 aromatic heterocycles. The summed E-state index contributed by atoms with van der Waals surface area (Å²) in [5.74, 6) is -2.33. The van der Waals surface area contributed by atoms with E-state index in [0.29, 0.717) is 44.2 Å². The molecule has 202 valence electrons. The van der Waals surface area contributed by atoms with Crippen LogP contribution in [0.3, 0.4) is 0 Å². The molecule has 2 aromatic carbocycles. The second-order valence-electron chi connectivity index (χ2n) is 8.89. The maximum absolute atomic E-state index is 13.7. The molecule has 38 heavy (non-hydrogen) atoms. The van der Waals surface area contributed by atoms with Crippen LogP contribution in [0.15, 0.2) is 65.3 Å². The summed E-state index contributed by atoms with van der Waals surface area (Å²) in [4.78, 5) is 31.6. The quantitative estimate of drug-likeness (QED) is 0.427. The SMILES string of the molecule is O=C(CN(CCN1CCOCC1)C(=O)Nc1ccc(F)c(F)c1)N(Cc1ccc(F)cc1)Cc1ccco1. The van der Waals surface area contributed by atoms with Crippen molar-refractivity contribution in [3.8, 4) is 0 Å². The summed E-state index contributed by atoms with van der Waals surface area (Å²) in [5.41, 5.74) is 0.772. The molecule has 1 fully saturated rings. The lowest BCUT2D eigenvalue weighted by Gasteiger charge is -2.31. The third-order valence-electron chi connectivity index (χ3n) is 6.14. The van der Waals surface area contributed by atoms with Gasteiger partial charge in [-0.25, -0.2) is 18.0 Å². The predicted octanol–water partition coefficient (Wildman–Crippen LogP) is 4.09. The van der Waals surface area contributed by atoms with Crippen molar-refractivity contribution in [2.24, 2.45) is 0 Å². The average Bonchev–Trinajstić information content (AvgIpc) is 3.43. The Labute approximate surface area is 218 Å². The van der Waals surface area contributed by atoms with E-state index >= 15 is 0 Å². The number of morpholine rings is 1. The molecular weight excluding hydrogens is 501 g/mol. The van der Waals surface area contributed by atoms with Crippen LogP contribution in [-0.4, -0.2) is 72.6 Å². The normalized spacial score (nSPS) is 13.8. The number of carbonyl (C=O) groups excluding carboxylic acids is 2. The Hall–Kier alpha value is -3.83. The monoisotopic (exact) mass is 530 g/mol. The fourth-order valence-electron chi connectivity index (χ4n) is 4.01. The van der Waals surface area contributed by atoms with E-state index in [1.807, 2.05) is 0 Å². The molecule has 11 heteroatoms. The van der Waals surface area contributed by atoms with E-state index in [1.54, 1.807) is 24.3 Å². The minimum Gasteiger partial charge on any atom is -0.467 e. The third kappa shape index (κ3) is 7.83. The second kappa shape index (κ2) is 13.1. The zero-order valence-corrected chi connectivity index (χ0v) is 20.7. The highest BCUT2D eigenvalue weighted by atomic mass is 19.2. The Morgan fingerprint density at radius 1 is 0.921 bits per heavy atom. The summed E-state index contributed by atoms with van der Waals surface area (Å²) in [6.07, 6.45) is 1.50. The van der Waals surface area contributed by atoms with Crippen LogP contribution >= 0.6 is 0 Å². The standard InChI is InChI=1S/C27H29F3N4O4/c28-21-5-3-20(4-6-21)17-34(18-23-2-1-13-38-23)26(35)19-33(10-9-32-11-14-37-15-12-32)27(36)31-22-7-8-24(29)25(30)16-22/h1-8,13,16H,9-12,14-15,17-19H2,(H,31,36). The Morgan fingerprint density at radius 2 is 1.68 bits per heavy atom. The summed E-state index contributed by atoms with van der Waals surface area (Å²) in [6, 6.07) is 11.7. The molecule has 0 radical (unpaired) electrons. The van der Waals surface area contributed by atoms with Crippen LogP contribution in [0.25, 0.3) is 0 Å². The molecular formula is C27H29F3N4O4. The van der Waals surface area contributed by atoms with Crippen LogP contribution in [0, 0.1) is 17.5 Å². The maximum Gasteiger partial charge on any atom is 0.322 e. The largest absolute Gasteiger partial charge is 0.467 e. The Balaban J connectivity index is 1.50. The molecule has 1 N–H and O–H groups in total. The van der Waals surface area contributed by atoms with Crippen molar-refractivity contribution in [3.63, 3.8) is 0 Å². The summed E-state index contributed by atoms with van der Waals surface area (Å²) >= 11 is 0. The van der Waals surface area contributed by atoms with Gasteiger partial charge >= 0.3 is 6.03 Å². The molecule has 2 heterocycles. The molecule has 4 rings (SSSR count). The molecule has 0 spiro atoms. The Kier molecular flexibility index (Phi) is 9.39. The molecule has 0 saturated carbocycles. The number of urea groups is 1. The van der Waals surface area contributed by atoms with Gasteiger partial charge in [0.15, 0.2) is 11.6 Å². The van der Waals surface area contributed by atoms with Gasteiger partial charge in [0.1, 0.15) is 18.1 Å². The first kappa shape index (κ1) is 27.2. The number of nitrogens with zero attached hydrogens (tertiary/aromatic N) is 3. The number of nitrogens with one attached hydrogen (secondary N) is 1. The number of furan rings is 1. The number of rotatable bonds is 10. The highest BCUT2D eigenvalue weighted by Gasteiger charge is 2.24. The molecule has 0 atom stereocenters. The zero-order chi connectivity index (χ0) is 26.9. The van der Waals surface area contributed by atoms with Crippen molar-refractivity contribution in [2.45, 2.75) is 13.1 Å². The average molecular weight is 531 g/mol. The van der Waals surface area contributed by atoms with E-state index in [1.165, 1.54) is 34.3 Å². The highest BCUT2D eigenvalue weighted by Crippen LogP contribution is 2.16. The number of anilines is 1. The van der Waals surface area contributed by atoms with Gasteiger partial charge < -0.3 is 24.3 Å². The van der Waals surface area contributed by atoms with Crippen molar-refractivity contribution < 1.29 is 31.9 Å². The fourth-order valence-corrected chi connectivity index (χ4v) is 4.01. The number of halogens is 3. The van der Waals surface area contributed by atoms with Crippen LogP contribution < -0.4 is 5.32 Å². The molecule has 3 amide bonds. The lowest BCUT2D eigenvalue weighted by molar-refractivity contribution is -0.133. The van der Waals surface area contributed by atoms with Crippen molar-refractivity contribution in [2.75, 3.05) is 51.3 Å². The fraction of sp³-hybridized carbons (Fsp3) is 0.333. The minimum atomic E-state index is -1.09. The van der Waals surface area contributed by atoms with E-state index < -0.39 is 17.7 Å². The van der Waals surface area contributed by atoms with E-state index in [4.69, 9.17) is 9.15 Å². The van der Waals surface area contributed by atoms with E-state index in [0.717, 1.165) is 12.1 Å². The summed E-state index contributed by atoms with van der Waals surface area (Å²) < 4.78 is 51.2. The Morgan fingerprint density at radius 3 is 2.37 bits per heavy atom. The molecule has 0 bridgehead atoms. The molecule has 0 aliphatic carbocycles. The van der Waals surface area contributed by atoms with Gasteiger partial charge in [-0.15, -0.1) is 0 Å². The number of carbonyl (C=O) groups is 2. The molecule has 8 nitrogen and oxygen atoms in total. The van der Waals surface area contributed by atoms with Gasteiger partial charge in [-0.1, -0.05) is 12.1 Å². The van der Waals surface area contributed by atoms with Gasteiger partial charge in [0, 0.05) is 44.5 Å². The molecule has 3 aromatic rings. The summed E-state index contributed by atoms with van der Waals surface area (Å²) in [5, 5.41) is 2.55. The first-order valence-electron chi connectivity index (χ1n) is 12.2. The van der Waals surface area contributed by atoms with Gasteiger partial charge in [0.25, 0.3) is 0 Å².